The van der Waals surface area contributed by atoms with Crippen molar-refractivity contribution in [2.45, 2.75) is 49.8 Å². The molecule has 11 heteroatoms. The summed E-state index contributed by atoms with van der Waals surface area (Å²) in [6, 6.07) is 12.9. The van der Waals surface area contributed by atoms with Gasteiger partial charge < -0.3 is 9.84 Å². The van der Waals surface area contributed by atoms with E-state index in [2.05, 4.69) is 10.1 Å². The predicted molar refractivity (Wildman–Crippen MR) is 138 cm³/mol. The second-order valence-corrected chi connectivity index (χ2v) is 11.4. The summed E-state index contributed by atoms with van der Waals surface area (Å²) in [4.78, 5) is 15.6. The third-order valence-electron chi connectivity index (χ3n) is 6.54. The van der Waals surface area contributed by atoms with E-state index in [0.29, 0.717) is 28.8 Å². The van der Waals surface area contributed by atoms with Gasteiger partial charge in [0.1, 0.15) is 11.6 Å². The number of pyridine rings is 1. The van der Waals surface area contributed by atoms with Crippen LogP contribution in [0, 0.1) is 5.82 Å². The summed E-state index contributed by atoms with van der Waals surface area (Å²) in [6.07, 6.45) is 3.19. The number of nitrogens with zero attached hydrogens (tertiary/aromatic N) is 4. The molecule has 5 rings (SSSR count). The molecule has 2 aromatic heterocycles. The first-order valence-corrected chi connectivity index (χ1v) is 13.6. The van der Waals surface area contributed by atoms with Crippen LogP contribution in [0.4, 0.5) is 4.39 Å². The van der Waals surface area contributed by atoms with Gasteiger partial charge in [0, 0.05) is 24.3 Å². The zero-order chi connectivity index (χ0) is 27.0. The Hall–Kier alpha value is -3.83. The smallest absolute Gasteiger partial charge is 0.309 e. The molecule has 1 fully saturated rings. The van der Waals surface area contributed by atoms with Crippen molar-refractivity contribution >= 4 is 26.9 Å². The molecule has 1 saturated heterocycles. The van der Waals surface area contributed by atoms with Crippen LogP contribution in [0.1, 0.15) is 43.6 Å². The summed E-state index contributed by atoms with van der Waals surface area (Å²) in [6.45, 7) is 3.85. The molecule has 0 aliphatic carbocycles. The van der Waals surface area contributed by atoms with Crippen LogP contribution in [0.5, 0.6) is 5.75 Å². The maximum atomic E-state index is 14.2. The second kappa shape index (κ2) is 10.1. The van der Waals surface area contributed by atoms with Gasteiger partial charge in [0.15, 0.2) is 0 Å². The number of carboxylic acids is 1. The van der Waals surface area contributed by atoms with Crippen LogP contribution >= 0.6 is 0 Å². The van der Waals surface area contributed by atoms with Crippen molar-refractivity contribution in [2.24, 2.45) is 0 Å². The number of ether oxygens (including phenoxy) is 1. The van der Waals surface area contributed by atoms with Gasteiger partial charge in [-0.15, -0.1) is 0 Å². The number of aliphatic carboxylic acids is 1. The van der Waals surface area contributed by atoms with E-state index in [1.807, 2.05) is 13.8 Å². The van der Waals surface area contributed by atoms with Crippen molar-refractivity contribution in [2.75, 3.05) is 6.54 Å². The quantitative estimate of drug-likeness (QED) is 0.354. The fourth-order valence-corrected chi connectivity index (χ4v) is 6.60. The summed E-state index contributed by atoms with van der Waals surface area (Å²) in [5.41, 5.74) is 1.49. The maximum absolute atomic E-state index is 14.2. The summed E-state index contributed by atoms with van der Waals surface area (Å²) >= 11 is 0. The SMILES string of the molecule is CC(C)Oc1ccc(S(=O)(=O)N2C[C@H](n3nc(CC(=O)O)c4ccc(F)cc43)C[C@H]2c2ccncc2)cc1. The molecule has 2 atom stereocenters. The first-order chi connectivity index (χ1) is 18.1. The van der Waals surface area contributed by atoms with Gasteiger partial charge in [0.25, 0.3) is 0 Å². The van der Waals surface area contributed by atoms with Crippen LogP contribution in [0.3, 0.4) is 0 Å². The van der Waals surface area contributed by atoms with E-state index in [1.165, 1.54) is 34.6 Å². The fraction of sp³-hybridized carbons (Fsp3) is 0.296. The van der Waals surface area contributed by atoms with E-state index < -0.39 is 33.9 Å². The van der Waals surface area contributed by atoms with Gasteiger partial charge in [-0.2, -0.15) is 9.40 Å². The van der Waals surface area contributed by atoms with E-state index in [-0.39, 0.29) is 24.0 Å². The van der Waals surface area contributed by atoms with Crippen molar-refractivity contribution in [3.05, 3.63) is 84.1 Å². The standard InChI is InChI=1S/C27H27FN4O5S/c1-17(2)37-21-4-6-22(7-5-21)38(35,36)31-16-20(14-25(31)18-9-11-29-12-10-18)32-26-13-19(28)3-8-23(26)24(30-32)15-27(33)34/h3-13,17,20,25H,14-16H2,1-2H3,(H,33,34)/t20-,25+/m1/s1. The third kappa shape index (κ3) is 4.99. The molecule has 0 unspecified atom stereocenters. The molecule has 1 aliphatic rings. The van der Waals surface area contributed by atoms with Crippen LogP contribution in [-0.4, -0.2) is 51.2 Å². The van der Waals surface area contributed by atoms with Gasteiger partial charge >= 0.3 is 5.97 Å². The Morgan fingerprint density at radius 3 is 2.50 bits per heavy atom. The molecule has 0 radical (unpaired) electrons. The van der Waals surface area contributed by atoms with Crippen molar-refractivity contribution in [3.8, 4) is 5.75 Å². The van der Waals surface area contributed by atoms with E-state index in [1.54, 1.807) is 41.3 Å². The number of carboxylic acid groups (broad SMARTS) is 1. The third-order valence-corrected chi connectivity index (χ3v) is 8.43. The minimum absolute atomic E-state index is 0.0485. The van der Waals surface area contributed by atoms with Crippen LogP contribution < -0.4 is 4.74 Å². The Balaban J connectivity index is 1.56. The van der Waals surface area contributed by atoms with Crippen molar-refractivity contribution in [1.82, 2.24) is 19.1 Å². The van der Waals surface area contributed by atoms with E-state index in [0.717, 1.165) is 5.56 Å². The molecule has 38 heavy (non-hydrogen) atoms. The lowest BCUT2D eigenvalue weighted by atomic mass is 10.1. The first-order valence-electron chi connectivity index (χ1n) is 12.2. The largest absolute Gasteiger partial charge is 0.491 e. The number of aromatic nitrogens is 3. The number of sulfonamides is 1. The van der Waals surface area contributed by atoms with Gasteiger partial charge in [-0.1, -0.05) is 0 Å². The number of rotatable bonds is 8. The van der Waals surface area contributed by atoms with Crippen molar-refractivity contribution in [1.29, 1.82) is 0 Å². The normalized spacial score (nSPS) is 18.3. The number of benzene rings is 2. The van der Waals surface area contributed by atoms with Gasteiger partial charge in [0.05, 0.1) is 40.7 Å². The molecule has 2 aromatic carbocycles. The Morgan fingerprint density at radius 1 is 1.13 bits per heavy atom. The van der Waals surface area contributed by atoms with Gasteiger partial charge in [-0.25, -0.2) is 12.8 Å². The Morgan fingerprint density at radius 2 is 1.84 bits per heavy atom. The molecule has 1 aliphatic heterocycles. The zero-order valence-corrected chi connectivity index (χ0v) is 21.7. The van der Waals surface area contributed by atoms with Gasteiger partial charge in [0.2, 0.25) is 10.0 Å². The van der Waals surface area contributed by atoms with Gasteiger partial charge in [-0.05, 0) is 80.4 Å². The zero-order valence-electron chi connectivity index (χ0n) is 20.9. The van der Waals surface area contributed by atoms with Crippen LogP contribution in [0.2, 0.25) is 0 Å². The summed E-state index contributed by atoms with van der Waals surface area (Å²) < 4.78 is 50.7. The van der Waals surface area contributed by atoms with Crippen molar-refractivity contribution < 1.29 is 27.4 Å². The maximum Gasteiger partial charge on any atom is 0.309 e. The van der Waals surface area contributed by atoms with Crippen LogP contribution in [0.25, 0.3) is 10.9 Å². The molecule has 0 amide bonds. The molecular formula is C27H27FN4O5S. The highest BCUT2D eigenvalue weighted by atomic mass is 32.2. The highest BCUT2D eigenvalue weighted by Crippen LogP contribution is 2.42. The predicted octanol–water partition coefficient (Wildman–Crippen LogP) is 4.36. The van der Waals surface area contributed by atoms with Crippen LogP contribution in [0.15, 0.2) is 71.9 Å². The van der Waals surface area contributed by atoms with Crippen molar-refractivity contribution in [3.63, 3.8) is 0 Å². The second-order valence-electron chi connectivity index (χ2n) is 9.52. The summed E-state index contributed by atoms with van der Waals surface area (Å²) in [7, 11) is -3.95. The average Bonchev–Trinajstić information content (AvgIpc) is 3.47. The molecule has 9 nitrogen and oxygen atoms in total. The molecular weight excluding hydrogens is 511 g/mol. The minimum atomic E-state index is -3.95. The van der Waals surface area contributed by atoms with E-state index >= 15 is 0 Å². The monoisotopic (exact) mass is 538 g/mol. The summed E-state index contributed by atoms with van der Waals surface area (Å²) in [5, 5.41) is 14.4. The molecule has 3 heterocycles. The minimum Gasteiger partial charge on any atom is -0.491 e. The highest BCUT2D eigenvalue weighted by molar-refractivity contribution is 7.89. The Labute approximate surface area is 219 Å². The molecule has 0 spiro atoms. The average molecular weight is 539 g/mol. The fourth-order valence-electron chi connectivity index (χ4n) is 4.94. The number of halogens is 1. The molecule has 1 N–H and O–H groups in total. The molecule has 4 aromatic rings. The lowest BCUT2D eigenvalue weighted by molar-refractivity contribution is -0.136. The van der Waals surface area contributed by atoms with E-state index in [4.69, 9.17) is 4.74 Å². The molecule has 198 valence electrons. The first kappa shape index (κ1) is 25.8. The van der Waals surface area contributed by atoms with Gasteiger partial charge in [-0.3, -0.25) is 14.5 Å². The molecule has 0 saturated carbocycles. The number of hydrogen-bond donors (Lipinski definition) is 1. The number of carbonyl (C=O) groups is 1. The number of hydrogen-bond acceptors (Lipinski definition) is 6. The highest BCUT2D eigenvalue weighted by Gasteiger charge is 2.42. The Kier molecular flexibility index (Phi) is 6.89. The van der Waals surface area contributed by atoms with E-state index in [9.17, 15) is 22.7 Å². The molecule has 0 bridgehead atoms. The Bertz CT molecular complexity index is 1570. The topological polar surface area (TPSA) is 115 Å². The lowest BCUT2D eigenvalue weighted by Crippen LogP contribution is -2.31. The van der Waals surface area contributed by atoms with Crippen LogP contribution in [-0.2, 0) is 21.2 Å². The lowest BCUT2D eigenvalue weighted by Gasteiger charge is -2.24. The summed E-state index contributed by atoms with van der Waals surface area (Å²) in [5.74, 6) is -0.978. The number of fused-ring (bicyclic) bond motifs is 1.